The maximum Gasteiger partial charge on any atom is 0.253 e. The number of pyridine rings is 1. The second-order valence-electron chi connectivity index (χ2n) is 4.52. The van der Waals surface area contributed by atoms with E-state index in [-0.39, 0.29) is 18.1 Å². The molecule has 0 aromatic carbocycles. The molecular formula is C13H19N3O2. The van der Waals surface area contributed by atoms with Crippen LogP contribution in [0.5, 0.6) is 0 Å². The highest BCUT2D eigenvalue weighted by molar-refractivity contribution is 5.94. The second-order valence-corrected chi connectivity index (χ2v) is 4.52. The van der Waals surface area contributed by atoms with Crippen molar-refractivity contribution < 1.29 is 9.53 Å². The molecule has 0 spiro atoms. The lowest BCUT2D eigenvalue weighted by Gasteiger charge is -2.12. The third-order valence-corrected chi connectivity index (χ3v) is 3.33. The fourth-order valence-electron chi connectivity index (χ4n) is 2.23. The molecule has 2 unspecified atom stereocenters. The molecule has 2 rings (SSSR count). The van der Waals surface area contributed by atoms with Gasteiger partial charge in [0.25, 0.3) is 5.91 Å². The summed E-state index contributed by atoms with van der Waals surface area (Å²) < 4.78 is 5.29. The molecule has 98 valence electrons. The number of aromatic nitrogens is 1. The van der Waals surface area contributed by atoms with Crippen molar-refractivity contribution in [3.05, 3.63) is 23.9 Å². The van der Waals surface area contributed by atoms with Crippen LogP contribution in [-0.2, 0) is 4.74 Å². The Hall–Kier alpha value is -1.62. The van der Waals surface area contributed by atoms with Crippen molar-refractivity contribution in [2.24, 2.45) is 0 Å². The first kappa shape index (κ1) is 12.8. The summed E-state index contributed by atoms with van der Waals surface area (Å²) in [5.41, 5.74) is 0.592. The van der Waals surface area contributed by atoms with Gasteiger partial charge in [0.2, 0.25) is 0 Å². The van der Waals surface area contributed by atoms with E-state index in [4.69, 9.17) is 4.74 Å². The van der Waals surface area contributed by atoms with Gasteiger partial charge in [-0.05, 0) is 31.4 Å². The fourth-order valence-corrected chi connectivity index (χ4v) is 2.23. The maximum absolute atomic E-state index is 12.0. The number of ether oxygens (including phenoxy) is 1. The van der Waals surface area contributed by atoms with E-state index in [2.05, 4.69) is 15.6 Å². The molecule has 1 aliphatic carbocycles. The third kappa shape index (κ3) is 2.98. The number of carbonyl (C=O) groups is 1. The molecule has 2 atom stereocenters. The van der Waals surface area contributed by atoms with E-state index in [0.29, 0.717) is 5.56 Å². The van der Waals surface area contributed by atoms with Gasteiger partial charge < -0.3 is 15.4 Å². The Balaban J connectivity index is 1.91. The molecule has 0 radical (unpaired) electrons. The Bertz CT molecular complexity index is 405. The van der Waals surface area contributed by atoms with Crippen molar-refractivity contribution in [3.63, 3.8) is 0 Å². The van der Waals surface area contributed by atoms with Gasteiger partial charge in [-0.2, -0.15) is 0 Å². The number of hydrogen-bond acceptors (Lipinski definition) is 4. The van der Waals surface area contributed by atoms with Gasteiger partial charge in [-0.25, -0.2) is 4.98 Å². The maximum atomic E-state index is 12.0. The number of hydrogen-bond donors (Lipinski definition) is 2. The monoisotopic (exact) mass is 249 g/mol. The topological polar surface area (TPSA) is 63.2 Å². The summed E-state index contributed by atoms with van der Waals surface area (Å²) in [6, 6.07) is 3.78. The lowest BCUT2D eigenvalue weighted by atomic mass is 10.2. The van der Waals surface area contributed by atoms with Crippen LogP contribution >= 0.6 is 0 Å². The summed E-state index contributed by atoms with van der Waals surface area (Å²) in [5, 5.41) is 5.94. The molecule has 1 heterocycles. The highest BCUT2D eigenvalue weighted by Gasteiger charge is 2.25. The van der Waals surface area contributed by atoms with Gasteiger partial charge >= 0.3 is 0 Å². The summed E-state index contributed by atoms with van der Waals surface area (Å²) in [6.07, 6.45) is 4.75. The molecule has 1 saturated carbocycles. The van der Waals surface area contributed by atoms with E-state index in [0.717, 1.165) is 25.1 Å². The van der Waals surface area contributed by atoms with E-state index in [1.165, 1.54) is 0 Å². The Morgan fingerprint density at radius 1 is 1.44 bits per heavy atom. The number of methoxy groups -OCH3 is 1. The van der Waals surface area contributed by atoms with Gasteiger partial charge in [0, 0.05) is 26.4 Å². The molecule has 2 N–H and O–H groups in total. The molecule has 0 bridgehead atoms. The van der Waals surface area contributed by atoms with Gasteiger partial charge in [-0.1, -0.05) is 0 Å². The van der Waals surface area contributed by atoms with Crippen LogP contribution in [-0.4, -0.2) is 37.2 Å². The van der Waals surface area contributed by atoms with E-state index >= 15 is 0 Å². The zero-order valence-electron chi connectivity index (χ0n) is 10.8. The third-order valence-electron chi connectivity index (χ3n) is 3.33. The SMILES string of the molecule is CNc1ccc(C(=O)NC2CCC(OC)C2)cn1. The summed E-state index contributed by atoms with van der Waals surface area (Å²) in [6.45, 7) is 0. The van der Waals surface area contributed by atoms with Crippen LogP contribution in [0, 0.1) is 0 Å². The molecule has 5 heteroatoms. The molecule has 1 amide bonds. The predicted molar refractivity (Wildman–Crippen MR) is 69.7 cm³/mol. The minimum Gasteiger partial charge on any atom is -0.381 e. The summed E-state index contributed by atoms with van der Waals surface area (Å²) in [7, 11) is 3.51. The molecule has 18 heavy (non-hydrogen) atoms. The number of anilines is 1. The minimum atomic E-state index is -0.0630. The molecule has 1 fully saturated rings. The molecule has 0 aliphatic heterocycles. The average molecular weight is 249 g/mol. The van der Waals surface area contributed by atoms with Gasteiger partial charge in [-0.3, -0.25) is 4.79 Å². The molecule has 1 aliphatic rings. The van der Waals surface area contributed by atoms with Crippen molar-refractivity contribution >= 4 is 11.7 Å². The quantitative estimate of drug-likeness (QED) is 0.847. The van der Waals surface area contributed by atoms with E-state index in [1.54, 1.807) is 32.5 Å². The van der Waals surface area contributed by atoms with Crippen molar-refractivity contribution in [2.75, 3.05) is 19.5 Å². The van der Waals surface area contributed by atoms with Crippen LogP contribution in [0.4, 0.5) is 5.82 Å². The Morgan fingerprint density at radius 2 is 2.28 bits per heavy atom. The normalized spacial score (nSPS) is 22.8. The predicted octanol–water partition coefficient (Wildman–Crippen LogP) is 1.42. The molecule has 1 aromatic heterocycles. The van der Waals surface area contributed by atoms with Crippen LogP contribution in [0.15, 0.2) is 18.3 Å². The van der Waals surface area contributed by atoms with Gasteiger partial charge in [-0.15, -0.1) is 0 Å². The van der Waals surface area contributed by atoms with Crippen LogP contribution < -0.4 is 10.6 Å². The molecule has 5 nitrogen and oxygen atoms in total. The zero-order valence-corrected chi connectivity index (χ0v) is 10.8. The van der Waals surface area contributed by atoms with Crippen molar-refractivity contribution in [2.45, 2.75) is 31.4 Å². The largest absolute Gasteiger partial charge is 0.381 e. The first-order valence-electron chi connectivity index (χ1n) is 6.20. The van der Waals surface area contributed by atoms with Crippen LogP contribution in [0.1, 0.15) is 29.6 Å². The van der Waals surface area contributed by atoms with Crippen LogP contribution in [0.25, 0.3) is 0 Å². The standard InChI is InChI=1S/C13H19N3O2/c1-14-12-6-3-9(8-15-12)13(17)16-10-4-5-11(7-10)18-2/h3,6,8,10-11H,4-5,7H2,1-2H3,(H,14,15)(H,16,17). The number of amides is 1. The summed E-state index contributed by atoms with van der Waals surface area (Å²) >= 11 is 0. The molecule has 0 saturated heterocycles. The minimum absolute atomic E-state index is 0.0630. The number of carbonyl (C=O) groups excluding carboxylic acids is 1. The van der Waals surface area contributed by atoms with Gasteiger partial charge in [0.15, 0.2) is 0 Å². The molecule has 1 aromatic rings. The van der Waals surface area contributed by atoms with E-state index in [9.17, 15) is 4.79 Å². The lowest BCUT2D eigenvalue weighted by molar-refractivity contribution is 0.0914. The highest BCUT2D eigenvalue weighted by atomic mass is 16.5. The number of nitrogens with zero attached hydrogens (tertiary/aromatic N) is 1. The van der Waals surface area contributed by atoms with E-state index in [1.807, 2.05) is 0 Å². The van der Waals surface area contributed by atoms with Crippen molar-refractivity contribution in [3.8, 4) is 0 Å². The Labute approximate surface area is 107 Å². The fraction of sp³-hybridized carbons (Fsp3) is 0.538. The summed E-state index contributed by atoms with van der Waals surface area (Å²) in [5.74, 6) is 0.693. The zero-order chi connectivity index (χ0) is 13.0. The Kier molecular flexibility index (Phi) is 4.15. The van der Waals surface area contributed by atoms with Gasteiger partial charge in [0.1, 0.15) is 5.82 Å². The lowest BCUT2D eigenvalue weighted by Crippen LogP contribution is -2.33. The molecular weight excluding hydrogens is 230 g/mol. The van der Waals surface area contributed by atoms with Crippen LogP contribution in [0.3, 0.4) is 0 Å². The first-order valence-corrected chi connectivity index (χ1v) is 6.20. The smallest absolute Gasteiger partial charge is 0.253 e. The highest BCUT2D eigenvalue weighted by Crippen LogP contribution is 2.21. The van der Waals surface area contributed by atoms with Crippen molar-refractivity contribution in [1.82, 2.24) is 10.3 Å². The van der Waals surface area contributed by atoms with E-state index < -0.39 is 0 Å². The first-order chi connectivity index (χ1) is 8.72. The number of nitrogens with one attached hydrogen (secondary N) is 2. The van der Waals surface area contributed by atoms with Crippen molar-refractivity contribution in [1.29, 1.82) is 0 Å². The average Bonchev–Trinajstić information content (AvgIpc) is 2.86. The Morgan fingerprint density at radius 3 is 2.83 bits per heavy atom. The number of rotatable bonds is 4. The van der Waals surface area contributed by atoms with Crippen LogP contribution in [0.2, 0.25) is 0 Å². The van der Waals surface area contributed by atoms with Gasteiger partial charge in [0.05, 0.1) is 11.7 Å². The summed E-state index contributed by atoms with van der Waals surface area (Å²) in [4.78, 5) is 16.1. The second kappa shape index (κ2) is 5.82.